The first kappa shape index (κ1) is 14.3. The highest BCUT2D eigenvalue weighted by Gasteiger charge is 2.11. The van der Waals surface area contributed by atoms with Crippen molar-refractivity contribution in [2.45, 2.75) is 13.0 Å². The number of nitrogens with zero attached hydrogens (tertiary/aromatic N) is 1. The molecule has 0 fully saturated rings. The second-order valence-corrected chi connectivity index (χ2v) is 4.34. The second kappa shape index (κ2) is 6.86. The molecule has 0 bridgehead atoms. The van der Waals surface area contributed by atoms with Crippen LogP contribution in [0.25, 0.3) is 0 Å². The molecule has 1 atom stereocenters. The zero-order chi connectivity index (χ0) is 13.5. The summed E-state index contributed by atoms with van der Waals surface area (Å²) in [7, 11) is 3.45. The molecule has 18 heavy (non-hydrogen) atoms. The molecule has 0 saturated carbocycles. The van der Waals surface area contributed by atoms with Gasteiger partial charge in [-0.1, -0.05) is 12.1 Å². The van der Waals surface area contributed by atoms with Gasteiger partial charge < -0.3 is 20.7 Å². The molecule has 0 aliphatic heterocycles. The Balaban J connectivity index is 2.52. The number of benzene rings is 1. The van der Waals surface area contributed by atoms with E-state index in [4.69, 9.17) is 10.5 Å². The maximum absolute atomic E-state index is 11.8. The summed E-state index contributed by atoms with van der Waals surface area (Å²) < 4.78 is 4.96. The minimum Gasteiger partial charge on any atom is -0.397 e. The van der Waals surface area contributed by atoms with Crippen LogP contribution in [-0.4, -0.2) is 39.3 Å². The predicted octanol–water partition coefficient (Wildman–Crippen LogP) is 0.856. The van der Waals surface area contributed by atoms with Gasteiger partial charge in [-0.2, -0.15) is 0 Å². The molecule has 1 aromatic carbocycles. The van der Waals surface area contributed by atoms with Gasteiger partial charge in [0.25, 0.3) is 0 Å². The highest BCUT2D eigenvalue weighted by Crippen LogP contribution is 2.20. The second-order valence-electron chi connectivity index (χ2n) is 4.34. The van der Waals surface area contributed by atoms with Crippen molar-refractivity contribution in [1.82, 2.24) is 5.32 Å². The average Bonchev–Trinajstić information content (AvgIpc) is 2.29. The summed E-state index contributed by atoms with van der Waals surface area (Å²) in [4.78, 5) is 13.6. The number of carbonyl (C=O) groups excluding carboxylic acids is 1. The average molecular weight is 251 g/mol. The van der Waals surface area contributed by atoms with Crippen LogP contribution in [0, 0.1) is 0 Å². The van der Waals surface area contributed by atoms with Gasteiger partial charge in [0.2, 0.25) is 5.91 Å². The number of likely N-dealkylation sites (N-methyl/N-ethyl adjacent to an activating group) is 1. The van der Waals surface area contributed by atoms with E-state index in [1.54, 1.807) is 7.11 Å². The molecule has 3 N–H and O–H groups in total. The van der Waals surface area contributed by atoms with Gasteiger partial charge in [0.1, 0.15) is 0 Å². The standard InChI is InChI=1S/C13H21N3O2/c1-10(9-18-3)15-13(17)8-16(2)12-7-5-4-6-11(12)14/h4-7,10H,8-9,14H2,1-3H3,(H,15,17). The van der Waals surface area contributed by atoms with Crippen molar-refractivity contribution >= 4 is 17.3 Å². The topological polar surface area (TPSA) is 67.6 Å². The summed E-state index contributed by atoms with van der Waals surface area (Å²) in [5, 5.41) is 2.85. The maximum atomic E-state index is 11.8. The lowest BCUT2D eigenvalue weighted by Crippen LogP contribution is -2.41. The lowest BCUT2D eigenvalue weighted by atomic mass is 10.2. The van der Waals surface area contributed by atoms with Gasteiger partial charge in [0.05, 0.1) is 24.5 Å². The van der Waals surface area contributed by atoms with E-state index >= 15 is 0 Å². The maximum Gasteiger partial charge on any atom is 0.239 e. The van der Waals surface area contributed by atoms with Gasteiger partial charge in [-0.15, -0.1) is 0 Å². The third kappa shape index (κ3) is 4.25. The van der Waals surface area contributed by atoms with E-state index in [2.05, 4.69) is 5.32 Å². The zero-order valence-electron chi connectivity index (χ0n) is 11.1. The quantitative estimate of drug-likeness (QED) is 0.736. The molecule has 1 rings (SSSR count). The Bertz CT molecular complexity index is 396. The molecule has 5 nitrogen and oxygen atoms in total. The normalized spacial score (nSPS) is 11.9. The van der Waals surface area contributed by atoms with Crippen LogP contribution >= 0.6 is 0 Å². The number of nitrogen functional groups attached to an aromatic ring is 1. The van der Waals surface area contributed by atoms with Crippen LogP contribution in [-0.2, 0) is 9.53 Å². The van der Waals surface area contributed by atoms with Crippen LogP contribution in [0.15, 0.2) is 24.3 Å². The molecule has 0 heterocycles. The smallest absolute Gasteiger partial charge is 0.239 e. The van der Waals surface area contributed by atoms with E-state index in [-0.39, 0.29) is 18.5 Å². The van der Waals surface area contributed by atoms with Crippen LogP contribution in [0.4, 0.5) is 11.4 Å². The molecule has 0 aromatic heterocycles. The fourth-order valence-electron chi connectivity index (χ4n) is 1.75. The Hall–Kier alpha value is -1.75. The molecule has 100 valence electrons. The highest BCUT2D eigenvalue weighted by molar-refractivity contribution is 5.83. The Labute approximate surface area is 108 Å². The summed E-state index contributed by atoms with van der Waals surface area (Å²) in [6.07, 6.45) is 0. The number of anilines is 2. The van der Waals surface area contributed by atoms with Gasteiger partial charge in [0.15, 0.2) is 0 Å². The molecule has 0 saturated heterocycles. The highest BCUT2D eigenvalue weighted by atomic mass is 16.5. The molecule has 0 radical (unpaired) electrons. The number of hydrogen-bond acceptors (Lipinski definition) is 4. The number of nitrogens with one attached hydrogen (secondary N) is 1. The lowest BCUT2D eigenvalue weighted by molar-refractivity contribution is -0.120. The molecule has 0 spiro atoms. The van der Waals surface area contributed by atoms with Gasteiger partial charge in [0, 0.05) is 20.2 Å². The predicted molar refractivity (Wildman–Crippen MR) is 73.6 cm³/mol. The van der Waals surface area contributed by atoms with Gasteiger partial charge >= 0.3 is 0 Å². The summed E-state index contributed by atoms with van der Waals surface area (Å²) >= 11 is 0. The number of ether oxygens (including phenoxy) is 1. The number of rotatable bonds is 6. The van der Waals surface area contributed by atoms with Crippen LogP contribution < -0.4 is 16.0 Å². The van der Waals surface area contributed by atoms with E-state index in [1.165, 1.54) is 0 Å². The molecule has 5 heteroatoms. The molecule has 1 aromatic rings. The monoisotopic (exact) mass is 251 g/mol. The van der Waals surface area contributed by atoms with Crippen molar-refractivity contribution in [3.63, 3.8) is 0 Å². The van der Waals surface area contributed by atoms with E-state index in [0.29, 0.717) is 12.3 Å². The molecule has 1 unspecified atom stereocenters. The number of hydrogen-bond donors (Lipinski definition) is 2. The number of methoxy groups -OCH3 is 1. The van der Waals surface area contributed by atoms with Crippen LogP contribution in [0.1, 0.15) is 6.92 Å². The fourth-order valence-corrected chi connectivity index (χ4v) is 1.75. The number of amides is 1. The van der Waals surface area contributed by atoms with Gasteiger partial charge in [-0.25, -0.2) is 0 Å². The van der Waals surface area contributed by atoms with Crippen LogP contribution in [0.5, 0.6) is 0 Å². The Morgan fingerprint density at radius 1 is 1.50 bits per heavy atom. The van der Waals surface area contributed by atoms with Crippen molar-refractivity contribution in [2.75, 3.05) is 37.9 Å². The molecular formula is C13H21N3O2. The molecular weight excluding hydrogens is 230 g/mol. The third-order valence-corrected chi connectivity index (χ3v) is 2.55. The first-order valence-corrected chi connectivity index (χ1v) is 5.88. The van der Waals surface area contributed by atoms with Crippen LogP contribution in [0.3, 0.4) is 0 Å². The Morgan fingerprint density at radius 2 is 2.17 bits per heavy atom. The summed E-state index contributed by atoms with van der Waals surface area (Å²) in [6, 6.07) is 7.48. The first-order valence-electron chi connectivity index (χ1n) is 5.88. The van der Waals surface area contributed by atoms with E-state index in [1.807, 2.05) is 43.1 Å². The van der Waals surface area contributed by atoms with Gasteiger partial charge in [-0.3, -0.25) is 4.79 Å². The Morgan fingerprint density at radius 3 is 2.78 bits per heavy atom. The van der Waals surface area contributed by atoms with Crippen molar-refractivity contribution < 1.29 is 9.53 Å². The largest absolute Gasteiger partial charge is 0.397 e. The molecule has 0 aliphatic carbocycles. The van der Waals surface area contributed by atoms with Crippen molar-refractivity contribution in [1.29, 1.82) is 0 Å². The summed E-state index contributed by atoms with van der Waals surface area (Å²) in [6.45, 7) is 2.67. The number of nitrogens with two attached hydrogens (primary N) is 1. The Kier molecular flexibility index (Phi) is 5.45. The van der Waals surface area contributed by atoms with Crippen molar-refractivity contribution in [3.05, 3.63) is 24.3 Å². The van der Waals surface area contributed by atoms with Gasteiger partial charge in [-0.05, 0) is 19.1 Å². The fraction of sp³-hybridized carbons (Fsp3) is 0.462. The first-order chi connectivity index (χ1) is 8.54. The van der Waals surface area contributed by atoms with Crippen LogP contribution in [0.2, 0.25) is 0 Å². The zero-order valence-corrected chi connectivity index (χ0v) is 11.1. The minimum atomic E-state index is -0.0506. The SMILES string of the molecule is COCC(C)NC(=O)CN(C)c1ccccc1N. The summed E-state index contributed by atoms with van der Waals surface area (Å²) in [5.41, 5.74) is 7.37. The van der Waals surface area contributed by atoms with E-state index < -0.39 is 0 Å². The summed E-state index contributed by atoms with van der Waals surface area (Å²) in [5.74, 6) is -0.0506. The minimum absolute atomic E-state index is 0.00372. The van der Waals surface area contributed by atoms with E-state index in [0.717, 1.165) is 5.69 Å². The third-order valence-electron chi connectivity index (χ3n) is 2.55. The lowest BCUT2D eigenvalue weighted by Gasteiger charge is -2.21. The van der Waals surface area contributed by atoms with Crippen molar-refractivity contribution in [3.8, 4) is 0 Å². The molecule has 1 amide bonds. The van der Waals surface area contributed by atoms with E-state index in [9.17, 15) is 4.79 Å². The number of para-hydroxylation sites is 2. The molecule has 0 aliphatic rings. The number of carbonyl (C=O) groups is 1. The van der Waals surface area contributed by atoms with Crippen molar-refractivity contribution in [2.24, 2.45) is 0 Å².